The summed E-state index contributed by atoms with van der Waals surface area (Å²) in [5.41, 5.74) is -0.439. The minimum Gasteiger partial charge on any atom is -0.444 e. The molecule has 0 aromatic carbocycles. The van der Waals surface area contributed by atoms with Crippen molar-refractivity contribution in [3.63, 3.8) is 0 Å². The number of nitrogens with zero attached hydrogens (tertiary/aromatic N) is 4. The summed E-state index contributed by atoms with van der Waals surface area (Å²) in [5.74, 6) is 1.08. The average Bonchev–Trinajstić information content (AvgIpc) is 3.13. The molecular formula is C18H31N5O2. The molecule has 3 heterocycles. The van der Waals surface area contributed by atoms with Crippen molar-refractivity contribution >= 4 is 6.09 Å². The zero-order chi connectivity index (χ0) is 18.0. The Morgan fingerprint density at radius 2 is 2.24 bits per heavy atom. The van der Waals surface area contributed by atoms with Crippen LogP contribution in [0.4, 0.5) is 4.79 Å². The quantitative estimate of drug-likeness (QED) is 0.903. The van der Waals surface area contributed by atoms with Gasteiger partial charge in [0.25, 0.3) is 0 Å². The van der Waals surface area contributed by atoms with E-state index >= 15 is 0 Å². The molecule has 3 rings (SSSR count). The monoisotopic (exact) mass is 349 g/mol. The molecule has 0 unspecified atom stereocenters. The molecule has 140 valence electrons. The van der Waals surface area contributed by atoms with Gasteiger partial charge in [0.2, 0.25) is 0 Å². The number of carbonyl (C=O) groups excluding carboxylic acids is 1. The van der Waals surface area contributed by atoms with Gasteiger partial charge in [0.1, 0.15) is 17.8 Å². The Labute approximate surface area is 150 Å². The largest absolute Gasteiger partial charge is 0.444 e. The fourth-order valence-electron chi connectivity index (χ4n) is 3.89. The van der Waals surface area contributed by atoms with Crippen LogP contribution in [0.2, 0.25) is 0 Å². The van der Waals surface area contributed by atoms with Crippen LogP contribution in [-0.4, -0.2) is 56.0 Å². The Morgan fingerprint density at radius 3 is 3.00 bits per heavy atom. The van der Waals surface area contributed by atoms with Gasteiger partial charge in [-0.2, -0.15) is 5.10 Å². The second-order valence-corrected chi connectivity index (χ2v) is 8.37. The summed E-state index contributed by atoms with van der Waals surface area (Å²) in [6.45, 7) is 9.64. The van der Waals surface area contributed by atoms with Crippen LogP contribution in [0.1, 0.15) is 59.2 Å². The van der Waals surface area contributed by atoms with Crippen molar-refractivity contribution in [1.29, 1.82) is 0 Å². The molecule has 0 aliphatic carbocycles. The second kappa shape index (κ2) is 7.32. The molecule has 7 nitrogen and oxygen atoms in total. The minimum absolute atomic E-state index is 0.174. The van der Waals surface area contributed by atoms with Crippen LogP contribution >= 0.6 is 0 Å². The highest BCUT2D eigenvalue weighted by molar-refractivity contribution is 5.68. The Kier molecular flexibility index (Phi) is 5.32. The van der Waals surface area contributed by atoms with E-state index in [-0.39, 0.29) is 12.1 Å². The molecule has 7 heteroatoms. The molecular weight excluding hydrogens is 318 g/mol. The van der Waals surface area contributed by atoms with Crippen LogP contribution in [0.15, 0.2) is 6.33 Å². The van der Waals surface area contributed by atoms with Gasteiger partial charge in [0.15, 0.2) is 0 Å². The molecule has 2 aliphatic heterocycles. The molecule has 1 fully saturated rings. The maximum absolute atomic E-state index is 12.4. The van der Waals surface area contributed by atoms with Gasteiger partial charge in [0, 0.05) is 31.1 Å². The zero-order valence-electron chi connectivity index (χ0n) is 15.9. The SMILES string of the molecule is C[C@H](C[C@@H]1CCCN1C(=O)OC(C)(C)C)N[C@@H]1CCc2ncnn2C1. The predicted molar refractivity (Wildman–Crippen MR) is 95.3 cm³/mol. The third-order valence-corrected chi connectivity index (χ3v) is 4.96. The number of ether oxygens (including phenoxy) is 1. The summed E-state index contributed by atoms with van der Waals surface area (Å²) in [7, 11) is 0. The van der Waals surface area contributed by atoms with Gasteiger partial charge < -0.3 is 15.0 Å². The molecule has 2 aliphatic rings. The van der Waals surface area contributed by atoms with Gasteiger partial charge in [0.05, 0.1) is 6.54 Å². The maximum atomic E-state index is 12.4. The summed E-state index contributed by atoms with van der Waals surface area (Å²) in [4.78, 5) is 18.6. The Morgan fingerprint density at radius 1 is 1.44 bits per heavy atom. The molecule has 0 saturated carbocycles. The lowest BCUT2D eigenvalue weighted by molar-refractivity contribution is 0.0213. The van der Waals surface area contributed by atoms with Crippen molar-refractivity contribution in [3.8, 4) is 0 Å². The topological polar surface area (TPSA) is 72.3 Å². The van der Waals surface area contributed by atoms with Crippen LogP contribution in [-0.2, 0) is 17.7 Å². The predicted octanol–water partition coefficient (Wildman–Crippen LogP) is 2.36. The lowest BCUT2D eigenvalue weighted by Gasteiger charge is -2.32. The molecule has 1 amide bonds. The summed E-state index contributed by atoms with van der Waals surface area (Å²) < 4.78 is 7.56. The number of amides is 1. The molecule has 25 heavy (non-hydrogen) atoms. The average molecular weight is 349 g/mol. The van der Waals surface area contributed by atoms with Crippen LogP contribution in [0.5, 0.6) is 0 Å². The number of fused-ring (bicyclic) bond motifs is 1. The van der Waals surface area contributed by atoms with E-state index in [1.807, 2.05) is 30.4 Å². The first-order chi connectivity index (χ1) is 11.8. The van der Waals surface area contributed by atoms with E-state index in [0.717, 1.165) is 51.0 Å². The third kappa shape index (κ3) is 4.71. The van der Waals surface area contributed by atoms with E-state index in [0.29, 0.717) is 12.1 Å². The van der Waals surface area contributed by atoms with Crippen LogP contribution in [0.3, 0.4) is 0 Å². The molecule has 0 bridgehead atoms. The van der Waals surface area contributed by atoms with Gasteiger partial charge in [-0.25, -0.2) is 14.5 Å². The van der Waals surface area contributed by atoms with E-state index in [1.54, 1.807) is 6.33 Å². The van der Waals surface area contributed by atoms with Gasteiger partial charge in [-0.3, -0.25) is 0 Å². The fourth-order valence-corrected chi connectivity index (χ4v) is 3.89. The van der Waals surface area contributed by atoms with Gasteiger partial charge in [-0.15, -0.1) is 0 Å². The highest BCUT2D eigenvalue weighted by Crippen LogP contribution is 2.24. The Bertz CT molecular complexity index is 595. The maximum Gasteiger partial charge on any atom is 0.410 e. The van der Waals surface area contributed by atoms with Crippen molar-refractivity contribution in [2.45, 2.75) is 90.1 Å². The zero-order valence-corrected chi connectivity index (χ0v) is 15.9. The van der Waals surface area contributed by atoms with Gasteiger partial charge in [-0.05, 0) is 53.4 Å². The summed E-state index contributed by atoms with van der Waals surface area (Å²) in [6, 6.07) is 1.03. The number of aryl methyl sites for hydroxylation is 1. The van der Waals surface area contributed by atoms with E-state index in [9.17, 15) is 4.79 Å². The summed E-state index contributed by atoms with van der Waals surface area (Å²) in [5, 5.41) is 8.00. The number of aromatic nitrogens is 3. The van der Waals surface area contributed by atoms with Crippen LogP contribution in [0, 0.1) is 0 Å². The van der Waals surface area contributed by atoms with Crippen molar-refractivity contribution in [1.82, 2.24) is 25.0 Å². The van der Waals surface area contributed by atoms with Gasteiger partial charge in [-0.1, -0.05) is 0 Å². The first-order valence-corrected chi connectivity index (χ1v) is 9.44. The van der Waals surface area contributed by atoms with E-state index in [4.69, 9.17) is 4.74 Å². The van der Waals surface area contributed by atoms with Crippen molar-refractivity contribution < 1.29 is 9.53 Å². The smallest absolute Gasteiger partial charge is 0.410 e. The number of hydrogen-bond acceptors (Lipinski definition) is 5. The first-order valence-electron chi connectivity index (χ1n) is 9.44. The Balaban J connectivity index is 1.50. The van der Waals surface area contributed by atoms with Crippen molar-refractivity contribution in [3.05, 3.63) is 12.2 Å². The lowest BCUT2D eigenvalue weighted by Crippen LogP contribution is -2.46. The molecule has 1 N–H and O–H groups in total. The number of nitrogens with one attached hydrogen (secondary N) is 1. The van der Waals surface area contributed by atoms with Crippen molar-refractivity contribution in [2.75, 3.05) is 6.54 Å². The lowest BCUT2D eigenvalue weighted by atomic mass is 10.0. The molecule has 1 aromatic rings. The normalized spacial score (nSPS) is 24.9. The van der Waals surface area contributed by atoms with Crippen LogP contribution < -0.4 is 5.32 Å². The Hall–Kier alpha value is -1.63. The minimum atomic E-state index is -0.439. The molecule has 0 spiro atoms. The number of rotatable bonds is 4. The second-order valence-electron chi connectivity index (χ2n) is 8.37. The number of carbonyl (C=O) groups is 1. The van der Waals surface area contributed by atoms with Crippen LogP contribution in [0.25, 0.3) is 0 Å². The highest BCUT2D eigenvalue weighted by atomic mass is 16.6. The molecule has 1 saturated heterocycles. The molecule has 1 aromatic heterocycles. The van der Waals surface area contributed by atoms with E-state index in [1.165, 1.54) is 0 Å². The number of hydrogen-bond donors (Lipinski definition) is 1. The molecule has 3 atom stereocenters. The standard InChI is InChI=1S/C18H31N5O2/c1-13(21-14-7-8-16-19-12-20-23(16)11-14)10-15-6-5-9-22(15)17(24)25-18(2,3)4/h12-15,21H,5-11H2,1-4H3/t13-,14-,15+/m1/s1. The summed E-state index contributed by atoms with van der Waals surface area (Å²) >= 11 is 0. The number of likely N-dealkylation sites (tertiary alicyclic amines) is 1. The first kappa shape index (κ1) is 18.2. The fraction of sp³-hybridized carbons (Fsp3) is 0.833. The van der Waals surface area contributed by atoms with E-state index < -0.39 is 5.60 Å². The third-order valence-electron chi connectivity index (χ3n) is 4.96. The van der Waals surface area contributed by atoms with Gasteiger partial charge >= 0.3 is 6.09 Å². The van der Waals surface area contributed by atoms with E-state index in [2.05, 4.69) is 22.3 Å². The molecule has 0 radical (unpaired) electrons. The summed E-state index contributed by atoms with van der Waals surface area (Å²) in [6.07, 6.45) is 6.60. The van der Waals surface area contributed by atoms with Crippen molar-refractivity contribution in [2.24, 2.45) is 0 Å². The highest BCUT2D eigenvalue weighted by Gasteiger charge is 2.33.